The summed E-state index contributed by atoms with van der Waals surface area (Å²) in [5.74, 6) is 0.0566. The highest BCUT2D eigenvalue weighted by atomic mass is 16.1. The Labute approximate surface area is 107 Å². The molecule has 0 unspecified atom stereocenters. The monoisotopic (exact) mass is 242 g/mol. The lowest BCUT2D eigenvalue weighted by Gasteiger charge is -2.11. The predicted molar refractivity (Wildman–Crippen MR) is 73.6 cm³/mol. The van der Waals surface area contributed by atoms with Crippen molar-refractivity contribution in [3.8, 4) is 0 Å². The molecular weight excluding hydrogens is 224 g/mol. The highest BCUT2D eigenvalue weighted by Crippen LogP contribution is 2.19. The number of amides is 1. The number of aryl methyl sites for hydroxylation is 3. The molecule has 0 aliphatic carbocycles. The van der Waals surface area contributed by atoms with E-state index in [0.717, 1.165) is 16.8 Å². The number of aromatic nitrogens is 1. The molecule has 0 spiro atoms. The molecule has 94 valence electrons. The first kappa shape index (κ1) is 12.4. The zero-order chi connectivity index (χ0) is 13.0. The van der Waals surface area contributed by atoms with Gasteiger partial charge in [0.15, 0.2) is 0 Å². The van der Waals surface area contributed by atoms with E-state index in [1.807, 2.05) is 61.1 Å². The number of nitrogens with zero attached hydrogens (tertiary/aromatic N) is 1. The van der Waals surface area contributed by atoms with E-state index < -0.39 is 0 Å². The number of carbonyl (C=O) groups is 1. The van der Waals surface area contributed by atoms with E-state index in [1.54, 1.807) is 0 Å². The Bertz CT molecular complexity index is 509. The highest BCUT2D eigenvalue weighted by molar-refractivity contribution is 5.92. The molecular formula is C15H18N2O. The zero-order valence-electron chi connectivity index (χ0n) is 10.8. The summed E-state index contributed by atoms with van der Waals surface area (Å²) in [5.41, 5.74) is 3.14. The summed E-state index contributed by atoms with van der Waals surface area (Å²) in [6.07, 6.45) is 4.42. The van der Waals surface area contributed by atoms with Crippen molar-refractivity contribution in [2.45, 2.75) is 26.8 Å². The first-order valence-corrected chi connectivity index (χ1v) is 6.13. The van der Waals surface area contributed by atoms with Gasteiger partial charge in [-0.3, -0.25) is 4.79 Å². The Hall–Kier alpha value is -2.03. The molecule has 3 nitrogen and oxygen atoms in total. The van der Waals surface area contributed by atoms with E-state index in [4.69, 9.17) is 0 Å². The van der Waals surface area contributed by atoms with Crippen LogP contribution in [0, 0.1) is 13.8 Å². The van der Waals surface area contributed by atoms with Crippen LogP contribution in [0.1, 0.15) is 17.5 Å². The maximum absolute atomic E-state index is 11.9. The molecule has 2 aromatic rings. The van der Waals surface area contributed by atoms with Crippen molar-refractivity contribution in [3.63, 3.8) is 0 Å². The molecule has 0 radical (unpaired) electrons. The second-order valence-corrected chi connectivity index (χ2v) is 4.49. The summed E-state index contributed by atoms with van der Waals surface area (Å²) in [4.78, 5) is 11.9. The fourth-order valence-corrected chi connectivity index (χ4v) is 1.96. The minimum atomic E-state index is 0.0566. The van der Waals surface area contributed by atoms with Gasteiger partial charge in [-0.2, -0.15) is 0 Å². The number of carbonyl (C=O) groups excluding carboxylic acids is 1. The zero-order valence-corrected chi connectivity index (χ0v) is 10.8. The van der Waals surface area contributed by atoms with Crippen LogP contribution in [0.3, 0.4) is 0 Å². The highest BCUT2D eigenvalue weighted by Gasteiger charge is 2.06. The number of anilines is 1. The van der Waals surface area contributed by atoms with Gasteiger partial charge in [0, 0.05) is 31.0 Å². The quantitative estimate of drug-likeness (QED) is 0.878. The fraction of sp³-hybridized carbons (Fsp3) is 0.267. The number of rotatable bonds is 4. The van der Waals surface area contributed by atoms with E-state index in [-0.39, 0.29) is 5.91 Å². The standard InChI is InChI=1S/C15H18N2O/c1-12-6-5-7-13(2)15(12)16-14(18)8-11-17-9-3-4-10-17/h3-7,9-10H,8,11H2,1-2H3,(H,16,18). The Kier molecular flexibility index (Phi) is 3.82. The SMILES string of the molecule is Cc1cccc(C)c1NC(=O)CCn1cccc1. The Morgan fingerprint density at radius 2 is 1.72 bits per heavy atom. The summed E-state index contributed by atoms with van der Waals surface area (Å²) < 4.78 is 2.00. The van der Waals surface area contributed by atoms with Crippen LogP contribution in [0.4, 0.5) is 5.69 Å². The topological polar surface area (TPSA) is 34.0 Å². The third kappa shape index (κ3) is 3.00. The molecule has 1 N–H and O–H groups in total. The smallest absolute Gasteiger partial charge is 0.226 e. The molecule has 2 rings (SSSR count). The van der Waals surface area contributed by atoms with Crippen molar-refractivity contribution in [2.75, 3.05) is 5.32 Å². The van der Waals surface area contributed by atoms with Gasteiger partial charge < -0.3 is 9.88 Å². The molecule has 0 saturated carbocycles. The van der Waals surface area contributed by atoms with Crippen molar-refractivity contribution in [1.82, 2.24) is 4.57 Å². The molecule has 0 aliphatic rings. The lowest BCUT2D eigenvalue weighted by atomic mass is 10.1. The molecule has 0 bridgehead atoms. The average molecular weight is 242 g/mol. The number of hydrogen-bond donors (Lipinski definition) is 1. The lowest BCUT2D eigenvalue weighted by molar-refractivity contribution is -0.116. The van der Waals surface area contributed by atoms with Crippen molar-refractivity contribution in [2.24, 2.45) is 0 Å². The summed E-state index contributed by atoms with van der Waals surface area (Å²) in [5, 5.41) is 2.99. The van der Waals surface area contributed by atoms with Gasteiger partial charge in [-0.15, -0.1) is 0 Å². The third-order valence-corrected chi connectivity index (χ3v) is 3.01. The molecule has 1 heterocycles. The second-order valence-electron chi connectivity index (χ2n) is 4.49. The molecule has 0 saturated heterocycles. The molecule has 3 heteroatoms. The third-order valence-electron chi connectivity index (χ3n) is 3.01. The number of benzene rings is 1. The van der Waals surface area contributed by atoms with E-state index >= 15 is 0 Å². The Morgan fingerprint density at radius 3 is 2.33 bits per heavy atom. The Morgan fingerprint density at radius 1 is 1.11 bits per heavy atom. The van der Waals surface area contributed by atoms with Crippen molar-refractivity contribution in [1.29, 1.82) is 0 Å². The van der Waals surface area contributed by atoms with E-state index in [1.165, 1.54) is 0 Å². The number of hydrogen-bond acceptors (Lipinski definition) is 1. The second kappa shape index (κ2) is 5.54. The van der Waals surface area contributed by atoms with E-state index in [0.29, 0.717) is 13.0 Å². The summed E-state index contributed by atoms with van der Waals surface area (Å²) >= 11 is 0. The van der Waals surface area contributed by atoms with Crippen LogP contribution in [0.5, 0.6) is 0 Å². The maximum Gasteiger partial charge on any atom is 0.226 e. The first-order chi connectivity index (χ1) is 8.66. The summed E-state index contributed by atoms with van der Waals surface area (Å²) in [7, 11) is 0. The van der Waals surface area contributed by atoms with Gasteiger partial charge in [0.25, 0.3) is 0 Å². The van der Waals surface area contributed by atoms with Gasteiger partial charge in [0.1, 0.15) is 0 Å². The van der Waals surface area contributed by atoms with Crippen molar-refractivity contribution < 1.29 is 4.79 Å². The van der Waals surface area contributed by atoms with Gasteiger partial charge in [-0.05, 0) is 37.1 Å². The number of para-hydroxylation sites is 1. The Balaban J connectivity index is 1.95. The van der Waals surface area contributed by atoms with Gasteiger partial charge in [-0.1, -0.05) is 18.2 Å². The van der Waals surface area contributed by atoms with Crippen LogP contribution in [-0.4, -0.2) is 10.5 Å². The minimum Gasteiger partial charge on any atom is -0.354 e. The number of nitrogens with one attached hydrogen (secondary N) is 1. The van der Waals surface area contributed by atoms with Gasteiger partial charge in [0.2, 0.25) is 5.91 Å². The van der Waals surface area contributed by atoms with Crippen LogP contribution < -0.4 is 5.32 Å². The molecule has 1 aromatic carbocycles. The largest absolute Gasteiger partial charge is 0.354 e. The van der Waals surface area contributed by atoms with E-state index in [9.17, 15) is 4.79 Å². The van der Waals surface area contributed by atoms with Crippen molar-refractivity contribution >= 4 is 11.6 Å². The molecule has 0 aliphatic heterocycles. The summed E-state index contributed by atoms with van der Waals surface area (Å²) in [6.45, 7) is 4.73. The van der Waals surface area contributed by atoms with Crippen LogP contribution in [0.15, 0.2) is 42.7 Å². The van der Waals surface area contributed by atoms with Gasteiger partial charge in [-0.25, -0.2) is 0 Å². The van der Waals surface area contributed by atoms with Gasteiger partial charge in [0.05, 0.1) is 0 Å². The summed E-state index contributed by atoms with van der Waals surface area (Å²) in [6, 6.07) is 9.94. The molecule has 0 fully saturated rings. The van der Waals surface area contributed by atoms with Crippen LogP contribution in [0.2, 0.25) is 0 Å². The molecule has 18 heavy (non-hydrogen) atoms. The lowest BCUT2D eigenvalue weighted by Crippen LogP contribution is -2.15. The minimum absolute atomic E-state index is 0.0566. The van der Waals surface area contributed by atoms with E-state index in [2.05, 4.69) is 5.32 Å². The normalized spacial score (nSPS) is 10.3. The van der Waals surface area contributed by atoms with Crippen LogP contribution in [-0.2, 0) is 11.3 Å². The molecule has 1 aromatic heterocycles. The van der Waals surface area contributed by atoms with Crippen molar-refractivity contribution in [3.05, 3.63) is 53.9 Å². The fourth-order valence-electron chi connectivity index (χ4n) is 1.96. The van der Waals surface area contributed by atoms with Gasteiger partial charge >= 0.3 is 0 Å². The maximum atomic E-state index is 11.9. The predicted octanol–water partition coefficient (Wildman–Crippen LogP) is 3.13. The van der Waals surface area contributed by atoms with Crippen LogP contribution in [0.25, 0.3) is 0 Å². The molecule has 1 amide bonds. The average Bonchev–Trinajstić information content (AvgIpc) is 2.84. The first-order valence-electron chi connectivity index (χ1n) is 6.13. The molecule has 0 atom stereocenters. The van der Waals surface area contributed by atoms with Crippen LogP contribution >= 0.6 is 0 Å².